The number of nitrogens with zero attached hydrogens (tertiary/aromatic N) is 1. The molecule has 0 saturated heterocycles. The van der Waals surface area contributed by atoms with Gasteiger partial charge in [0.1, 0.15) is 11.7 Å². The SMILES string of the molecule is O=S(=O)(CN=C(NC(=S)Nc1ccc(Br)cc1)c1ccccc1)c1ccccc1. The average Bonchev–Trinajstić information content (AvgIpc) is 2.74. The first kappa shape index (κ1) is 21.2. The number of sulfone groups is 1. The number of benzene rings is 3. The fraction of sp³-hybridized carbons (Fsp3) is 0.0476. The first-order valence-electron chi connectivity index (χ1n) is 8.65. The van der Waals surface area contributed by atoms with Crippen molar-refractivity contribution in [3.8, 4) is 0 Å². The molecule has 8 heteroatoms. The largest absolute Gasteiger partial charge is 0.332 e. The predicted octanol–water partition coefficient (Wildman–Crippen LogP) is 4.61. The van der Waals surface area contributed by atoms with Crippen LogP contribution in [0.4, 0.5) is 5.69 Å². The Balaban J connectivity index is 1.80. The number of rotatable bonds is 5. The molecule has 0 amide bonds. The van der Waals surface area contributed by atoms with Crippen LogP contribution in [0.25, 0.3) is 0 Å². The summed E-state index contributed by atoms with van der Waals surface area (Å²) in [5.74, 6) is -0.0190. The van der Waals surface area contributed by atoms with Crippen molar-refractivity contribution in [2.75, 3.05) is 11.2 Å². The number of hydrogen-bond donors (Lipinski definition) is 2. The van der Waals surface area contributed by atoms with E-state index in [2.05, 4.69) is 31.6 Å². The van der Waals surface area contributed by atoms with E-state index in [4.69, 9.17) is 12.2 Å². The number of hydrogen-bond acceptors (Lipinski definition) is 4. The number of thiocarbonyl (C=S) groups is 1. The number of anilines is 1. The molecule has 0 radical (unpaired) electrons. The summed E-state index contributed by atoms with van der Waals surface area (Å²) in [6.45, 7) is 0. The smallest absolute Gasteiger partial charge is 0.198 e. The fourth-order valence-electron chi connectivity index (χ4n) is 2.45. The number of aliphatic imine (C=N–C) groups is 1. The second-order valence-corrected chi connectivity index (χ2v) is 9.30. The topological polar surface area (TPSA) is 70.6 Å². The monoisotopic (exact) mass is 487 g/mol. The van der Waals surface area contributed by atoms with Gasteiger partial charge < -0.3 is 10.6 Å². The van der Waals surface area contributed by atoms with Crippen LogP contribution in [0.1, 0.15) is 5.56 Å². The molecule has 29 heavy (non-hydrogen) atoms. The van der Waals surface area contributed by atoms with Gasteiger partial charge in [-0.1, -0.05) is 64.5 Å². The van der Waals surface area contributed by atoms with Crippen molar-refractivity contribution in [1.29, 1.82) is 0 Å². The zero-order chi connectivity index (χ0) is 20.7. The molecule has 0 aliphatic heterocycles. The summed E-state index contributed by atoms with van der Waals surface area (Å²) in [6, 6.07) is 25.0. The van der Waals surface area contributed by atoms with E-state index >= 15 is 0 Å². The Hall–Kier alpha value is -2.55. The van der Waals surface area contributed by atoms with Gasteiger partial charge in [-0.05, 0) is 48.6 Å². The Bertz CT molecular complexity index is 1100. The van der Waals surface area contributed by atoms with Crippen LogP contribution < -0.4 is 10.6 Å². The zero-order valence-corrected chi connectivity index (χ0v) is 18.5. The van der Waals surface area contributed by atoms with Gasteiger partial charge in [-0.15, -0.1) is 0 Å². The minimum absolute atomic E-state index is 0.228. The zero-order valence-electron chi connectivity index (χ0n) is 15.2. The highest BCUT2D eigenvalue weighted by atomic mass is 79.9. The molecule has 0 saturated carbocycles. The summed E-state index contributed by atoms with van der Waals surface area (Å²) < 4.78 is 26.1. The molecule has 0 heterocycles. The van der Waals surface area contributed by atoms with Crippen molar-refractivity contribution >= 4 is 54.6 Å². The molecule has 5 nitrogen and oxygen atoms in total. The first-order valence-corrected chi connectivity index (χ1v) is 11.5. The number of halogens is 1. The molecule has 2 N–H and O–H groups in total. The highest BCUT2D eigenvalue weighted by Gasteiger charge is 2.14. The van der Waals surface area contributed by atoms with Crippen molar-refractivity contribution in [2.24, 2.45) is 4.99 Å². The van der Waals surface area contributed by atoms with Crippen molar-refractivity contribution < 1.29 is 8.42 Å². The van der Waals surface area contributed by atoms with E-state index < -0.39 is 15.7 Å². The quantitative estimate of drug-likeness (QED) is 0.312. The van der Waals surface area contributed by atoms with Gasteiger partial charge in [0.05, 0.1) is 4.90 Å². The second-order valence-electron chi connectivity index (χ2n) is 6.02. The van der Waals surface area contributed by atoms with Crippen LogP contribution in [0.15, 0.2) is 99.3 Å². The maximum absolute atomic E-state index is 12.6. The minimum atomic E-state index is -3.56. The van der Waals surface area contributed by atoms with E-state index in [1.54, 1.807) is 30.3 Å². The molecular weight excluding hydrogens is 470 g/mol. The van der Waals surface area contributed by atoms with Crippen molar-refractivity contribution in [2.45, 2.75) is 4.90 Å². The molecule has 3 aromatic carbocycles. The standard InChI is InChI=1S/C21H18BrN3O2S2/c22-17-11-13-18(14-12-17)24-21(28)25-20(16-7-3-1-4-8-16)23-15-29(26,27)19-9-5-2-6-10-19/h1-14H,15H2,(H2,23,24,25,28). The maximum Gasteiger partial charge on any atom is 0.198 e. The van der Waals surface area contributed by atoms with Gasteiger partial charge in [-0.25, -0.2) is 8.42 Å². The molecule has 148 valence electrons. The summed E-state index contributed by atoms with van der Waals surface area (Å²) in [4.78, 5) is 4.55. The highest BCUT2D eigenvalue weighted by molar-refractivity contribution is 9.10. The Labute approximate surface area is 183 Å². The molecule has 0 spiro atoms. The van der Waals surface area contributed by atoms with Crippen molar-refractivity contribution in [3.05, 3.63) is 95.0 Å². The van der Waals surface area contributed by atoms with Gasteiger partial charge >= 0.3 is 0 Å². The third-order valence-electron chi connectivity index (χ3n) is 3.88. The van der Waals surface area contributed by atoms with Crippen LogP contribution in [0.5, 0.6) is 0 Å². The Morgan fingerprint density at radius 2 is 1.48 bits per heavy atom. The molecule has 3 rings (SSSR count). The van der Waals surface area contributed by atoms with Crippen LogP contribution in [-0.4, -0.2) is 25.2 Å². The molecule has 0 aliphatic rings. The molecule has 0 bridgehead atoms. The van der Waals surface area contributed by atoms with Gasteiger partial charge in [0.2, 0.25) is 0 Å². The maximum atomic E-state index is 12.6. The van der Waals surface area contributed by atoms with E-state index in [-0.39, 0.29) is 4.90 Å². The van der Waals surface area contributed by atoms with Crippen LogP contribution in [0.3, 0.4) is 0 Å². The van der Waals surface area contributed by atoms with Crippen LogP contribution in [0, 0.1) is 0 Å². The van der Waals surface area contributed by atoms with Crippen LogP contribution in [-0.2, 0) is 9.84 Å². The van der Waals surface area contributed by atoms with Crippen LogP contribution in [0.2, 0.25) is 0 Å². The van der Waals surface area contributed by atoms with E-state index in [0.29, 0.717) is 10.9 Å². The normalized spacial score (nSPS) is 11.7. The summed E-state index contributed by atoms with van der Waals surface area (Å²) in [7, 11) is -3.56. The van der Waals surface area contributed by atoms with Gasteiger partial charge in [0.15, 0.2) is 14.9 Å². The Kier molecular flexibility index (Phi) is 7.13. The fourth-order valence-corrected chi connectivity index (χ4v) is 3.95. The average molecular weight is 488 g/mol. The lowest BCUT2D eigenvalue weighted by molar-refractivity contribution is 0.596. The van der Waals surface area contributed by atoms with Gasteiger partial charge in [-0.2, -0.15) is 0 Å². The lowest BCUT2D eigenvalue weighted by Gasteiger charge is -2.13. The predicted molar refractivity (Wildman–Crippen MR) is 125 cm³/mol. The molecule has 0 unspecified atom stereocenters. The third kappa shape index (κ3) is 6.22. The molecular formula is C21H18BrN3O2S2. The Morgan fingerprint density at radius 1 is 0.897 bits per heavy atom. The third-order valence-corrected chi connectivity index (χ3v) is 6.07. The van der Waals surface area contributed by atoms with E-state index in [9.17, 15) is 8.42 Å². The lowest BCUT2D eigenvalue weighted by Crippen LogP contribution is -2.35. The summed E-state index contributed by atoms with van der Waals surface area (Å²) in [6.07, 6.45) is 0. The van der Waals surface area contributed by atoms with E-state index in [1.165, 1.54) is 0 Å². The summed E-state index contributed by atoms with van der Waals surface area (Å²) >= 11 is 8.77. The van der Waals surface area contributed by atoms with Gasteiger partial charge in [0.25, 0.3) is 0 Å². The second kappa shape index (κ2) is 9.78. The van der Waals surface area contributed by atoms with Crippen molar-refractivity contribution in [1.82, 2.24) is 5.32 Å². The Morgan fingerprint density at radius 3 is 2.10 bits per heavy atom. The van der Waals surface area contributed by atoms with Crippen LogP contribution >= 0.6 is 28.1 Å². The van der Waals surface area contributed by atoms with E-state index in [1.807, 2.05) is 54.6 Å². The number of amidine groups is 1. The van der Waals surface area contributed by atoms with Gasteiger partial charge in [-0.3, -0.25) is 4.99 Å². The summed E-state index contributed by atoms with van der Waals surface area (Å²) in [5.41, 5.74) is 1.53. The molecule has 3 aromatic rings. The molecule has 0 aromatic heterocycles. The van der Waals surface area contributed by atoms with Gasteiger partial charge in [0, 0.05) is 15.7 Å². The first-order chi connectivity index (χ1) is 13.9. The minimum Gasteiger partial charge on any atom is -0.332 e. The summed E-state index contributed by atoms with van der Waals surface area (Å²) in [5, 5.41) is 6.39. The molecule has 0 fully saturated rings. The van der Waals surface area contributed by atoms with Crippen molar-refractivity contribution in [3.63, 3.8) is 0 Å². The van der Waals surface area contributed by atoms with E-state index in [0.717, 1.165) is 15.7 Å². The number of nitrogens with one attached hydrogen (secondary N) is 2. The lowest BCUT2D eigenvalue weighted by atomic mass is 10.2. The molecule has 0 atom stereocenters. The highest BCUT2D eigenvalue weighted by Crippen LogP contribution is 2.14. The molecule has 0 aliphatic carbocycles.